The van der Waals surface area contributed by atoms with Crippen molar-refractivity contribution in [1.82, 2.24) is 5.32 Å². The predicted octanol–water partition coefficient (Wildman–Crippen LogP) is 0.771. The largest absolute Gasteiger partial charge is 0.385 e. The first-order chi connectivity index (χ1) is 8.07. The van der Waals surface area contributed by atoms with Crippen molar-refractivity contribution >= 4 is 11.7 Å². The lowest BCUT2D eigenvalue weighted by atomic mass is 10.0. The molecule has 0 rings (SSSR count). The lowest BCUT2D eigenvalue weighted by Crippen LogP contribution is -2.29. The Kier molecular flexibility index (Phi) is 9.66. The van der Waals surface area contributed by atoms with Gasteiger partial charge in [-0.2, -0.15) is 0 Å². The number of rotatable bonds is 10. The van der Waals surface area contributed by atoms with E-state index in [-0.39, 0.29) is 24.0 Å². The van der Waals surface area contributed by atoms with Gasteiger partial charge in [-0.25, -0.2) is 0 Å². The summed E-state index contributed by atoms with van der Waals surface area (Å²) < 4.78 is 10.1. The van der Waals surface area contributed by atoms with Crippen LogP contribution in [0.4, 0.5) is 0 Å². The summed E-state index contributed by atoms with van der Waals surface area (Å²) >= 11 is 0. The van der Waals surface area contributed by atoms with Gasteiger partial charge in [0, 0.05) is 39.2 Å². The number of hydrogen-bond acceptors (Lipinski definition) is 4. The molecule has 100 valence electrons. The normalized spacial score (nSPS) is 12.2. The summed E-state index contributed by atoms with van der Waals surface area (Å²) in [7, 11) is 1.65. The molecule has 0 aliphatic carbocycles. The van der Waals surface area contributed by atoms with Crippen molar-refractivity contribution in [1.29, 1.82) is 0 Å². The molecule has 0 aliphatic rings. The van der Waals surface area contributed by atoms with E-state index in [1.807, 2.05) is 0 Å². The number of nitrogens with one attached hydrogen (secondary N) is 1. The van der Waals surface area contributed by atoms with Gasteiger partial charge in [0.05, 0.1) is 6.61 Å². The molecule has 0 aromatic carbocycles. The summed E-state index contributed by atoms with van der Waals surface area (Å²) in [6, 6.07) is 0. The monoisotopic (exact) mass is 245 g/mol. The standard InChI is InChI=1S/C12H23NO4/c1-10(11(2)14)9-12(15)13-5-8-17-7-4-6-16-3/h10H,4-9H2,1-3H3,(H,13,15). The average molecular weight is 245 g/mol. The Morgan fingerprint density at radius 2 is 1.94 bits per heavy atom. The number of ketones is 1. The van der Waals surface area contributed by atoms with Crippen LogP contribution in [0.3, 0.4) is 0 Å². The molecule has 1 atom stereocenters. The van der Waals surface area contributed by atoms with Gasteiger partial charge in [-0.3, -0.25) is 9.59 Å². The molecule has 5 heteroatoms. The molecule has 1 amide bonds. The first-order valence-electron chi connectivity index (χ1n) is 5.91. The number of carbonyl (C=O) groups is 2. The molecule has 1 unspecified atom stereocenters. The molecule has 0 heterocycles. The third-order valence-electron chi connectivity index (χ3n) is 2.39. The number of hydrogen-bond donors (Lipinski definition) is 1. The SMILES string of the molecule is COCCCOCCNC(=O)CC(C)C(C)=O. The molecule has 17 heavy (non-hydrogen) atoms. The molecule has 0 fully saturated rings. The van der Waals surface area contributed by atoms with Gasteiger partial charge in [0.1, 0.15) is 5.78 Å². The van der Waals surface area contributed by atoms with Crippen LogP contribution in [0.5, 0.6) is 0 Å². The summed E-state index contributed by atoms with van der Waals surface area (Å²) in [5.41, 5.74) is 0. The van der Waals surface area contributed by atoms with Gasteiger partial charge < -0.3 is 14.8 Å². The highest BCUT2D eigenvalue weighted by molar-refractivity contribution is 5.85. The lowest BCUT2D eigenvalue weighted by molar-refractivity contribution is -0.127. The molecule has 0 aromatic heterocycles. The highest BCUT2D eigenvalue weighted by Gasteiger charge is 2.12. The highest BCUT2D eigenvalue weighted by Crippen LogP contribution is 2.01. The number of Topliss-reactive ketones (excluding diaryl/α,β-unsaturated/α-hetero) is 1. The fourth-order valence-corrected chi connectivity index (χ4v) is 1.16. The average Bonchev–Trinajstić information content (AvgIpc) is 2.27. The maximum absolute atomic E-state index is 11.4. The quantitative estimate of drug-likeness (QED) is 0.577. The van der Waals surface area contributed by atoms with Gasteiger partial charge in [-0.05, 0) is 13.3 Å². The summed E-state index contributed by atoms with van der Waals surface area (Å²) in [4.78, 5) is 22.3. The van der Waals surface area contributed by atoms with E-state index in [2.05, 4.69) is 5.32 Å². The van der Waals surface area contributed by atoms with Crippen molar-refractivity contribution in [3.63, 3.8) is 0 Å². The molecular weight excluding hydrogens is 222 g/mol. The predicted molar refractivity (Wildman–Crippen MR) is 64.8 cm³/mol. The van der Waals surface area contributed by atoms with Crippen LogP contribution in [0.2, 0.25) is 0 Å². The second-order valence-corrected chi connectivity index (χ2v) is 4.02. The Morgan fingerprint density at radius 1 is 1.24 bits per heavy atom. The third kappa shape index (κ3) is 9.96. The molecule has 0 spiro atoms. The Bertz CT molecular complexity index is 231. The van der Waals surface area contributed by atoms with Crippen molar-refractivity contribution in [2.24, 2.45) is 5.92 Å². The van der Waals surface area contributed by atoms with Gasteiger partial charge in [0.2, 0.25) is 5.91 Å². The van der Waals surface area contributed by atoms with E-state index >= 15 is 0 Å². The molecular formula is C12H23NO4. The van der Waals surface area contributed by atoms with Gasteiger partial charge >= 0.3 is 0 Å². The van der Waals surface area contributed by atoms with E-state index in [0.29, 0.717) is 26.4 Å². The van der Waals surface area contributed by atoms with Crippen LogP contribution in [-0.4, -0.2) is 45.2 Å². The first-order valence-corrected chi connectivity index (χ1v) is 5.91. The van der Waals surface area contributed by atoms with Crippen molar-refractivity contribution in [3.05, 3.63) is 0 Å². The van der Waals surface area contributed by atoms with Crippen LogP contribution in [0.1, 0.15) is 26.7 Å². The molecule has 0 radical (unpaired) electrons. The van der Waals surface area contributed by atoms with Crippen molar-refractivity contribution in [2.75, 3.05) is 33.5 Å². The van der Waals surface area contributed by atoms with E-state index in [0.717, 1.165) is 6.42 Å². The summed E-state index contributed by atoms with van der Waals surface area (Å²) in [5, 5.41) is 2.71. The van der Waals surface area contributed by atoms with Gasteiger partial charge in [0.15, 0.2) is 0 Å². The second-order valence-electron chi connectivity index (χ2n) is 4.02. The number of ether oxygens (including phenoxy) is 2. The van der Waals surface area contributed by atoms with Crippen LogP contribution < -0.4 is 5.32 Å². The minimum atomic E-state index is -0.211. The number of amides is 1. The topological polar surface area (TPSA) is 64.6 Å². The molecule has 5 nitrogen and oxygen atoms in total. The second kappa shape index (κ2) is 10.2. The van der Waals surface area contributed by atoms with Crippen LogP contribution in [0.15, 0.2) is 0 Å². The van der Waals surface area contributed by atoms with E-state index in [1.165, 1.54) is 6.92 Å². The molecule has 0 aromatic rings. The molecule has 0 aliphatic heterocycles. The van der Waals surface area contributed by atoms with Gasteiger partial charge in [-0.1, -0.05) is 6.92 Å². The zero-order valence-corrected chi connectivity index (χ0v) is 11.0. The van der Waals surface area contributed by atoms with Crippen LogP contribution in [0, 0.1) is 5.92 Å². The summed E-state index contributed by atoms with van der Waals surface area (Å²) in [6.07, 6.45) is 1.10. The molecule has 1 N–H and O–H groups in total. The maximum Gasteiger partial charge on any atom is 0.220 e. The highest BCUT2D eigenvalue weighted by atomic mass is 16.5. The summed E-state index contributed by atoms with van der Waals surface area (Å²) in [6.45, 7) is 5.54. The molecule has 0 bridgehead atoms. The molecule has 0 saturated carbocycles. The smallest absolute Gasteiger partial charge is 0.220 e. The third-order valence-corrected chi connectivity index (χ3v) is 2.39. The fourth-order valence-electron chi connectivity index (χ4n) is 1.16. The van der Waals surface area contributed by atoms with E-state index in [9.17, 15) is 9.59 Å². The van der Waals surface area contributed by atoms with Crippen LogP contribution >= 0.6 is 0 Å². The Morgan fingerprint density at radius 3 is 2.53 bits per heavy atom. The first kappa shape index (κ1) is 16.1. The Labute approximate surface area is 103 Å². The number of methoxy groups -OCH3 is 1. The van der Waals surface area contributed by atoms with Crippen molar-refractivity contribution in [2.45, 2.75) is 26.7 Å². The Balaban J connectivity index is 3.36. The lowest BCUT2D eigenvalue weighted by Gasteiger charge is -2.09. The summed E-state index contributed by atoms with van der Waals surface area (Å²) in [5.74, 6) is -0.276. The van der Waals surface area contributed by atoms with E-state index < -0.39 is 0 Å². The molecule has 0 saturated heterocycles. The van der Waals surface area contributed by atoms with Gasteiger partial charge in [0.25, 0.3) is 0 Å². The van der Waals surface area contributed by atoms with Crippen molar-refractivity contribution < 1.29 is 19.1 Å². The number of carbonyl (C=O) groups excluding carboxylic acids is 2. The zero-order valence-electron chi connectivity index (χ0n) is 11.0. The van der Waals surface area contributed by atoms with Crippen LogP contribution in [-0.2, 0) is 19.1 Å². The maximum atomic E-state index is 11.4. The minimum absolute atomic E-state index is 0.0379. The zero-order chi connectivity index (χ0) is 13.1. The van der Waals surface area contributed by atoms with Gasteiger partial charge in [-0.15, -0.1) is 0 Å². The Hall–Kier alpha value is -0.940. The van der Waals surface area contributed by atoms with Crippen LogP contribution in [0.25, 0.3) is 0 Å². The fraction of sp³-hybridized carbons (Fsp3) is 0.833. The van der Waals surface area contributed by atoms with E-state index in [1.54, 1.807) is 14.0 Å². The minimum Gasteiger partial charge on any atom is -0.385 e. The van der Waals surface area contributed by atoms with E-state index in [4.69, 9.17) is 9.47 Å². The van der Waals surface area contributed by atoms with Crippen molar-refractivity contribution in [3.8, 4) is 0 Å².